The predicted molar refractivity (Wildman–Crippen MR) is 126 cm³/mol. The van der Waals surface area contributed by atoms with E-state index in [1.807, 2.05) is 0 Å². The van der Waals surface area contributed by atoms with Crippen LogP contribution in [0.3, 0.4) is 0 Å². The molecule has 0 fully saturated rings. The third-order valence-corrected chi connectivity index (χ3v) is 5.36. The Hall–Kier alpha value is -4.04. The molecule has 1 amide bonds. The minimum absolute atomic E-state index is 0.179. The lowest BCUT2D eigenvalue weighted by Crippen LogP contribution is -2.35. The maximum absolute atomic E-state index is 13.4. The summed E-state index contributed by atoms with van der Waals surface area (Å²) in [6.45, 7) is 0. The summed E-state index contributed by atoms with van der Waals surface area (Å²) in [4.78, 5) is 31.0. The second-order valence-electron chi connectivity index (χ2n) is 6.93. The Bertz CT molecular complexity index is 1390. The van der Waals surface area contributed by atoms with Crippen LogP contribution in [0.1, 0.15) is 10.4 Å². The molecule has 1 heterocycles. The number of methoxy groups -OCH3 is 3. The molecule has 0 aliphatic rings. The van der Waals surface area contributed by atoms with Gasteiger partial charge >= 0.3 is 0 Å². The van der Waals surface area contributed by atoms with Crippen LogP contribution >= 0.6 is 11.6 Å². The molecule has 0 unspecified atom stereocenters. The first-order chi connectivity index (χ1) is 16.0. The molecular weight excluding hydrogens is 446 g/mol. The molecule has 4 rings (SSSR count). The molecule has 9 heteroatoms. The van der Waals surface area contributed by atoms with Crippen LogP contribution in [0.15, 0.2) is 65.5 Å². The van der Waals surface area contributed by atoms with Gasteiger partial charge in [0.15, 0.2) is 17.3 Å². The van der Waals surface area contributed by atoms with Crippen LogP contribution in [0.5, 0.6) is 17.2 Å². The van der Waals surface area contributed by atoms with Crippen LogP contribution in [-0.2, 0) is 0 Å². The van der Waals surface area contributed by atoms with Crippen molar-refractivity contribution in [3.63, 3.8) is 0 Å². The molecule has 33 heavy (non-hydrogen) atoms. The van der Waals surface area contributed by atoms with Crippen molar-refractivity contribution in [1.82, 2.24) is 9.66 Å². The minimum Gasteiger partial charge on any atom is -0.493 e. The number of benzene rings is 3. The van der Waals surface area contributed by atoms with Crippen molar-refractivity contribution in [2.24, 2.45) is 0 Å². The van der Waals surface area contributed by atoms with Crippen LogP contribution in [0.25, 0.3) is 22.3 Å². The average Bonchev–Trinajstić information content (AvgIpc) is 2.84. The molecule has 3 aromatic carbocycles. The summed E-state index contributed by atoms with van der Waals surface area (Å²) in [5, 5.41) is 0.597. The summed E-state index contributed by atoms with van der Waals surface area (Å²) < 4.78 is 17.4. The average molecular weight is 466 g/mol. The first-order valence-electron chi connectivity index (χ1n) is 9.86. The fourth-order valence-corrected chi connectivity index (χ4v) is 3.67. The summed E-state index contributed by atoms with van der Waals surface area (Å²) in [5.74, 6) is 0.752. The van der Waals surface area contributed by atoms with E-state index in [1.54, 1.807) is 60.7 Å². The Labute approximate surface area is 194 Å². The first kappa shape index (κ1) is 22.2. The highest BCUT2D eigenvalue weighted by molar-refractivity contribution is 6.34. The second-order valence-corrected chi connectivity index (χ2v) is 7.34. The van der Waals surface area contributed by atoms with Crippen molar-refractivity contribution in [3.8, 4) is 28.6 Å². The third kappa shape index (κ3) is 4.08. The number of carbonyl (C=O) groups is 1. The highest BCUT2D eigenvalue weighted by Crippen LogP contribution is 2.40. The molecule has 4 aromatic rings. The molecule has 168 valence electrons. The molecule has 0 saturated carbocycles. The number of fused-ring (bicyclic) bond motifs is 1. The summed E-state index contributed by atoms with van der Waals surface area (Å²) >= 11 is 6.18. The van der Waals surface area contributed by atoms with Gasteiger partial charge < -0.3 is 14.2 Å². The molecule has 0 saturated heterocycles. The zero-order chi connectivity index (χ0) is 23.5. The van der Waals surface area contributed by atoms with Gasteiger partial charge in [-0.1, -0.05) is 35.9 Å². The maximum Gasteiger partial charge on any atom is 0.280 e. The Morgan fingerprint density at radius 1 is 0.939 bits per heavy atom. The van der Waals surface area contributed by atoms with E-state index in [0.717, 1.165) is 4.68 Å². The number of rotatable bonds is 6. The molecule has 1 aromatic heterocycles. The molecule has 0 bridgehead atoms. The van der Waals surface area contributed by atoms with E-state index >= 15 is 0 Å². The number of ether oxygens (including phenoxy) is 3. The van der Waals surface area contributed by atoms with Crippen molar-refractivity contribution in [3.05, 3.63) is 81.6 Å². The monoisotopic (exact) mass is 465 g/mol. The second kappa shape index (κ2) is 9.22. The molecule has 0 radical (unpaired) electrons. The van der Waals surface area contributed by atoms with E-state index in [9.17, 15) is 9.59 Å². The van der Waals surface area contributed by atoms with Gasteiger partial charge in [0, 0.05) is 5.56 Å². The molecule has 1 N–H and O–H groups in total. The lowest BCUT2D eigenvalue weighted by Gasteiger charge is -2.18. The van der Waals surface area contributed by atoms with Gasteiger partial charge in [0.2, 0.25) is 5.75 Å². The molecule has 8 nitrogen and oxygen atoms in total. The van der Waals surface area contributed by atoms with Gasteiger partial charge in [0.25, 0.3) is 11.5 Å². The number of aromatic nitrogens is 2. The molecule has 0 aliphatic carbocycles. The number of amides is 1. The van der Waals surface area contributed by atoms with E-state index in [0.29, 0.717) is 33.7 Å². The van der Waals surface area contributed by atoms with E-state index < -0.39 is 11.5 Å². The number of carbonyl (C=O) groups excluding carboxylic acids is 1. The Morgan fingerprint density at radius 3 is 2.21 bits per heavy atom. The van der Waals surface area contributed by atoms with E-state index in [2.05, 4.69) is 10.4 Å². The number of nitrogens with one attached hydrogen (secondary N) is 1. The SMILES string of the molecule is COc1cc(-c2nc3ccccc3c(=O)n2NC(=O)c2ccccc2Cl)cc(OC)c1OC. The smallest absolute Gasteiger partial charge is 0.280 e. The zero-order valence-electron chi connectivity index (χ0n) is 18.1. The zero-order valence-corrected chi connectivity index (χ0v) is 18.8. The Kier molecular flexibility index (Phi) is 6.19. The van der Waals surface area contributed by atoms with Gasteiger partial charge in [-0.3, -0.25) is 15.0 Å². The van der Waals surface area contributed by atoms with Crippen LogP contribution in [0.2, 0.25) is 5.02 Å². The number of hydrogen-bond acceptors (Lipinski definition) is 6. The molecule has 0 spiro atoms. The Balaban J connectivity index is 1.96. The van der Waals surface area contributed by atoms with Gasteiger partial charge in [-0.25, -0.2) is 4.98 Å². The van der Waals surface area contributed by atoms with Crippen molar-refractivity contribution in [2.75, 3.05) is 26.8 Å². The topological polar surface area (TPSA) is 91.7 Å². The summed E-state index contributed by atoms with van der Waals surface area (Å²) in [5.41, 5.74) is 3.33. The lowest BCUT2D eigenvalue weighted by atomic mass is 10.1. The van der Waals surface area contributed by atoms with E-state index in [4.69, 9.17) is 25.8 Å². The number of halogens is 1. The van der Waals surface area contributed by atoms with Gasteiger partial charge in [-0.2, -0.15) is 4.68 Å². The van der Waals surface area contributed by atoms with Gasteiger partial charge in [-0.05, 0) is 36.4 Å². The highest BCUT2D eigenvalue weighted by atomic mass is 35.5. The third-order valence-electron chi connectivity index (χ3n) is 5.03. The van der Waals surface area contributed by atoms with Crippen molar-refractivity contribution < 1.29 is 19.0 Å². The van der Waals surface area contributed by atoms with Crippen molar-refractivity contribution in [2.45, 2.75) is 0 Å². The van der Waals surface area contributed by atoms with Crippen LogP contribution in [0, 0.1) is 0 Å². The highest BCUT2D eigenvalue weighted by Gasteiger charge is 2.21. The molecular formula is C24H20ClN3O5. The van der Waals surface area contributed by atoms with Gasteiger partial charge in [-0.15, -0.1) is 0 Å². The van der Waals surface area contributed by atoms with Crippen LogP contribution in [0.4, 0.5) is 0 Å². The normalized spacial score (nSPS) is 10.7. The largest absolute Gasteiger partial charge is 0.493 e. The number of nitrogens with zero attached hydrogens (tertiary/aromatic N) is 2. The quantitative estimate of drug-likeness (QED) is 0.460. The first-order valence-corrected chi connectivity index (χ1v) is 10.2. The fourth-order valence-electron chi connectivity index (χ4n) is 3.45. The van der Waals surface area contributed by atoms with E-state index in [1.165, 1.54) is 21.3 Å². The summed E-state index contributed by atoms with van der Waals surface area (Å²) in [7, 11) is 4.47. The standard InChI is InChI=1S/C24H20ClN3O5/c1-31-19-12-14(13-20(32-2)21(19)33-3)22-26-18-11-7-5-9-16(18)24(30)28(22)27-23(29)15-8-4-6-10-17(15)25/h4-13H,1-3H3,(H,27,29). The van der Waals surface area contributed by atoms with Gasteiger partial charge in [0.05, 0.1) is 42.8 Å². The Morgan fingerprint density at radius 2 is 1.58 bits per heavy atom. The predicted octanol–water partition coefficient (Wildman–Crippen LogP) is 4.13. The lowest BCUT2D eigenvalue weighted by molar-refractivity contribution is 0.101. The summed E-state index contributed by atoms with van der Waals surface area (Å²) in [6, 6.07) is 16.7. The molecule has 0 atom stereocenters. The minimum atomic E-state index is -0.562. The van der Waals surface area contributed by atoms with Crippen LogP contribution < -0.4 is 25.2 Å². The van der Waals surface area contributed by atoms with Crippen LogP contribution in [-0.4, -0.2) is 36.9 Å². The van der Waals surface area contributed by atoms with Gasteiger partial charge in [0.1, 0.15) is 0 Å². The number of para-hydroxylation sites is 1. The van der Waals surface area contributed by atoms with Crippen molar-refractivity contribution in [1.29, 1.82) is 0 Å². The molecule has 0 aliphatic heterocycles. The fraction of sp³-hybridized carbons (Fsp3) is 0.125. The maximum atomic E-state index is 13.4. The van der Waals surface area contributed by atoms with Crippen molar-refractivity contribution >= 4 is 28.4 Å². The summed E-state index contributed by atoms with van der Waals surface area (Å²) in [6.07, 6.45) is 0. The van der Waals surface area contributed by atoms with E-state index in [-0.39, 0.29) is 16.4 Å². The number of hydrogen-bond donors (Lipinski definition) is 1.